The lowest BCUT2D eigenvalue weighted by atomic mass is 10.1. The Bertz CT molecular complexity index is 681. The van der Waals surface area contributed by atoms with E-state index in [2.05, 4.69) is 25.8 Å². The van der Waals surface area contributed by atoms with E-state index < -0.39 is 0 Å². The molecule has 0 spiro atoms. The topological polar surface area (TPSA) is 30.2 Å². The number of rotatable bonds is 2. The Hall–Kier alpha value is -1.74. The van der Waals surface area contributed by atoms with Gasteiger partial charge in [-0.3, -0.25) is 4.79 Å². The number of aryl methyl sites for hydroxylation is 1. The lowest BCUT2D eigenvalue weighted by Gasteiger charge is -2.07. The molecule has 2 rings (SSSR count). The summed E-state index contributed by atoms with van der Waals surface area (Å²) in [5, 5.41) is 0.542. The Balaban J connectivity index is 3.06. The minimum atomic E-state index is -0.0902. The quantitative estimate of drug-likeness (QED) is 0.817. The molecule has 1 heterocycles. The van der Waals surface area contributed by atoms with Gasteiger partial charge in [0.25, 0.3) is 0 Å². The van der Waals surface area contributed by atoms with Crippen LogP contribution < -0.4 is 5.43 Å². The van der Waals surface area contributed by atoms with E-state index in [0.717, 1.165) is 10.5 Å². The molecule has 1 aromatic heterocycles. The van der Waals surface area contributed by atoms with E-state index in [4.69, 9.17) is 4.42 Å². The highest BCUT2D eigenvalue weighted by atomic mass is 32.1. The van der Waals surface area contributed by atoms with Gasteiger partial charge in [0, 0.05) is 10.5 Å². The molecule has 0 amide bonds. The van der Waals surface area contributed by atoms with E-state index in [1.54, 1.807) is 12.1 Å². The summed E-state index contributed by atoms with van der Waals surface area (Å²) < 4.78 is 5.69. The normalized spacial score (nSPS) is 10.5. The first-order chi connectivity index (χ1) is 8.10. The average Bonchev–Trinajstić information content (AvgIpc) is 2.33. The van der Waals surface area contributed by atoms with Gasteiger partial charge in [-0.2, -0.15) is 0 Å². The molecule has 0 fully saturated rings. The fourth-order valence-electron chi connectivity index (χ4n) is 1.76. The van der Waals surface area contributed by atoms with Gasteiger partial charge in [0.15, 0.2) is 0 Å². The van der Waals surface area contributed by atoms with Gasteiger partial charge >= 0.3 is 0 Å². The zero-order chi connectivity index (χ0) is 12.6. The van der Waals surface area contributed by atoms with Crippen molar-refractivity contribution in [3.8, 4) is 0 Å². The first-order valence-electron chi connectivity index (χ1n) is 5.14. The Morgan fingerprint density at radius 2 is 2.00 bits per heavy atom. The molecule has 0 saturated heterocycles. The molecule has 86 valence electrons. The van der Waals surface area contributed by atoms with E-state index in [-0.39, 0.29) is 5.43 Å². The molecular weight excluding hydrogens is 232 g/mol. The fourth-order valence-corrected chi connectivity index (χ4v) is 1.93. The van der Waals surface area contributed by atoms with Crippen molar-refractivity contribution < 1.29 is 4.42 Å². The maximum absolute atomic E-state index is 12.2. The standard InChI is InChI=1S/C14H12O2S/c1-4-9-11(5-2)16-14-8(3)12(17)7-6-10(14)13(9)15/h4-7,17H,1-2H2,3H3. The molecule has 0 aliphatic carbocycles. The monoisotopic (exact) mass is 244 g/mol. The van der Waals surface area contributed by atoms with Crippen LogP contribution in [0.1, 0.15) is 16.9 Å². The summed E-state index contributed by atoms with van der Waals surface area (Å²) in [5.41, 5.74) is 1.76. The largest absolute Gasteiger partial charge is 0.456 e. The molecule has 3 heteroatoms. The lowest BCUT2D eigenvalue weighted by Crippen LogP contribution is -2.08. The zero-order valence-electron chi connectivity index (χ0n) is 9.49. The fraction of sp³-hybridized carbons (Fsp3) is 0.0714. The number of hydrogen-bond donors (Lipinski definition) is 1. The molecule has 0 unspecified atom stereocenters. The summed E-state index contributed by atoms with van der Waals surface area (Å²) in [7, 11) is 0. The molecule has 0 N–H and O–H groups in total. The van der Waals surface area contributed by atoms with Gasteiger partial charge in [-0.1, -0.05) is 19.2 Å². The summed E-state index contributed by atoms with van der Waals surface area (Å²) in [6.45, 7) is 9.13. The van der Waals surface area contributed by atoms with Crippen molar-refractivity contribution in [1.29, 1.82) is 0 Å². The predicted molar refractivity (Wildman–Crippen MR) is 74.7 cm³/mol. The number of hydrogen-bond acceptors (Lipinski definition) is 3. The maximum Gasteiger partial charge on any atom is 0.200 e. The summed E-state index contributed by atoms with van der Waals surface area (Å²) in [4.78, 5) is 13.0. The van der Waals surface area contributed by atoms with Gasteiger partial charge in [-0.05, 0) is 25.1 Å². The minimum absolute atomic E-state index is 0.0902. The van der Waals surface area contributed by atoms with Gasteiger partial charge in [0.05, 0.1) is 10.9 Å². The summed E-state index contributed by atoms with van der Waals surface area (Å²) in [6.07, 6.45) is 3.01. The highest BCUT2D eigenvalue weighted by Crippen LogP contribution is 2.25. The summed E-state index contributed by atoms with van der Waals surface area (Å²) in [6, 6.07) is 3.51. The zero-order valence-corrected chi connectivity index (χ0v) is 10.4. The smallest absolute Gasteiger partial charge is 0.200 e. The summed E-state index contributed by atoms with van der Waals surface area (Å²) in [5.74, 6) is 0.444. The summed E-state index contributed by atoms with van der Waals surface area (Å²) >= 11 is 4.31. The molecule has 2 nitrogen and oxygen atoms in total. The number of fused-ring (bicyclic) bond motifs is 1. The molecule has 0 saturated carbocycles. The minimum Gasteiger partial charge on any atom is -0.456 e. The Labute approximate surface area is 105 Å². The second kappa shape index (κ2) is 4.26. The van der Waals surface area contributed by atoms with E-state index in [0.29, 0.717) is 22.3 Å². The third-order valence-electron chi connectivity index (χ3n) is 2.73. The van der Waals surface area contributed by atoms with Gasteiger partial charge in [0.2, 0.25) is 5.43 Å². The second-order valence-corrected chi connectivity index (χ2v) is 4.19. The van der Waals surface area contributed by atoms with Gasteiger partial charge in [-0.15, -0.1) is 12.6 Å². The highest BCUT2D eigenvalue weighted by molar-refractivity contribution is 7.80. The van der Waals surface area contributed by atoms with E-state index in [1.807, 2.05) is 6.92 Å². The van der Waals surface area contributed by atoms with Crippen LogP contribution in [0.4, 0.5) is 0 Å². The molecular formula is C14H12O2S. The van der Waals surface area contributed by atoms with Crippen molar-refractivity contribution in [2.75, 3.05) is 0 Å². The van der Waals surface area contributed by atoms with Crippen LogP contribution >= 0.6 is 12.6 Å². The van der Waals surface area contributed by atoms with E-state index in [1.165, 1.54) is 12.2 Å². The Morgan fingerprint density at radius 1 is 1.29 bits per heavy atom. The van der Waals surface area contributed by atoms with Crippen LogP contribution in [0.5, 0.6) is 0 Å². The van der Waals surface area contributed by atoms with Crippen LogP contribution in [0.15, 0.2) is 39.4 Å². The number of thiol groups is 1. The first kappa shape index (κ1) is 11.7. The number of benzene rings is 1. The predicted octanol–water partition coefficient (Wildman–Crippen LogP) is 3.68. The SMILES string of the molecule is C=Cc1oc2c(C)c(S)ccc2c(=O)c1C=C. The molecule has 0 aliphatic heterocycles. The van der Waals surface area contributed by atoms with Gasteiger partial charge in [-0.25, -0.2) is 0 Å². The molecule has 0 radical (unpaired) electrons. The molecule has 17 heavy (non-hydrogen) atoms. The molecule has 1 aromatic carbocycles. The Kier molecular flexibility index (Phi) is 2.94. The first-order valence-corrected chi connectivity index (χ1v) is 5.59. The van der Waals surface area contributed by atoms with E-state index in [9.17, 15) is 4.79 Å². The average molecular weight is 244 g/mol. The van der Waals surface area contributed by atoms with Crippen LogP contribution in [-0.4, -0.2) is 0 Å². The molecule has 0 bridgehead atoms. The molecule has 0 atom stereocenters. The van der Waals surface area contributed by atoms with Gasteiger partial charge < -0.3 is 4.42 Å². The van der Waals surface area contributed by atoms with Crippen LogP contribution in [0.2, 0.25) is 0 Å². The highest BCUT2D eigenvalue weighted by Gasteiger charge is 2.12. The van der Waals surface area contributed by atoms with Crippen LogP contribution in [0.3, 0.4) is 0 Å². The van der Waals surface area contributed by atoms with Crippen molar-refractivity contribution in [2.45, 2.75) is 11.8 Å². The van der Waals surface area contributed by atoms with Crippen molar-refractivity contribution in [2.24, 2.45) is 0 Å². The van der Waals surface area contributed by atoms with Crippen molar-refractivity contribution in [3.63, 3.8) is 0 Å². The van der Waals surface area contributed by atoms with Crippen LogP contribution in [0, 0.1) is 6.92 Å². The van der Waals surface area contributed by atoms with Crippen LogP contribution in [0.25, 0.3) is 23.1 Å². The van der Waals surface area contributed by atoms with Crippen molar-refractivity contribution in [3.05, 3.63) is 52.4 Å². The third kappa shape index (κ3) is 1.72. The van der Waals surface area contributed by atoms with Gasteiger partial charge in [0.1, 0.15) is 11.3 Å². The molecule has 0 aliphatic rings. The lowest BCUT2D eigenvalue weighted by molar-refractivity contribution is 0.585. The van der Waals surface area contributed by atoms with E-state index >= 15 is 0 Å². The molecule has 2 aromatic rings. The van der Waals surface area contributed by atoms with Crippen molar-refractivity contribution >= 4 is 35.8 Å². The second-order valence-electron chi connectivity index (χ2n) is 3.70. The Morgan fingerprint density at radius 3 is 2.59 bits per heavy atom. The third-order valence-corrected chi connectivity index (χ3v) is 3.22. The van der Waals surface area contributed by atoms with Crippen molar-refractivity contribution in [1.82, 2.24) is 0 Å². The maximum atomic E-state index is 12.2. The van der Waals surface area contributed by atoms with Crippen LogP contribution in [-0.2, 0) is 0 Å².